The number of hydrogen-bond donors (Lipinski definition) is 2. The molecule has 1 amide bonds. The van der Waals surface area contributed by atoms with Gasteiger partial charge < -0.3 is 15.1 Å². The Bertz CT molecular complexity index is 843. The molecule has 1 aromatic heterocycles. The van der Waals surface area contributed by atoms with Crippen LogP contribution in [-0.2, 0) is 11.2 Å². The van der Waals surface area contributed by atoms with Crippen molar-refractivity contribution >= 4 is 5.91 Å². The Labute approximate surface area is 151 Å². The first-order valence-electron chi connectivity index (χ1n) is 8.92. The van der Waals surface area contributed by atoms with Gasteiger partial charge >= 0.3 is 0 Å². The second-order valence-electron chi connectivity index (χ2n) is 7.09. The molecule has 2 aliphatic rings. The maximum Gasteiger partial charge on any atom is 0.238 e. The van der Waals surface area contributed by atoms with Crippen molar-refractivity contribution in [1.29, 1.82) is 5.26 Å². The van der Waals surface area contributed by atoms with Crippen molar-refractivity contribution in [3.8, 4) is 17.4 Å². The van der Waals surface area contributed by atoms with Crippen molar-refractivity contribution in [1.82, 2.24) is 10.6 Å². The van der Waals surface area contributed by atoms with Gasteiger partial charge in [-0.15, -0.1) is 0 Å². The number of halogens is 1. The summed E-state index contributed by atoms with van der Waals surface area (Å²) in [5.41, 5.74) is 1.04. The number of piperidine rings is 1. The molecule has 5 nitrogen and oxygen atoms in total. The Hall–Kier alpha value is -2.65. The zero-order chi connectivity index (χ0) is 18.1. The van der Waals surface area contributed by atoms with Crippen molar-refractivity contribution in [2.45, 2.75) is 43.8 Å². The van der Waals surface area contributed by atoms with Crippen LogP contribution >= 0.6 is 0 Å². The van der Waals surface area contributed by atoms with E-state index in [1.165, 1.54) is 12.3 Å². The molecule has 0 radical (unpaired) electrons. The molecule has 1 aliphatic carbocycles. The van der Waals surface area contributed by atoms with E-state index in [0.717, 1.165) is 19.3 Å². The van der Waals surface area contributed by atoms with Crippen LogP contribution in [0.2, 0.25) is 0 Å². The number of nitriles is 1. The molecule has 2 aromatic rings. The standard InChI is InChI=1S/C20H20FN3O2/c21-17-10-13(18-2-1-7-26-18)4-3-12(17)8-16(11-22)24-20(25)19-14-5-6-15(9-14)23-19/h1-4,7,10,14-16,19,23H,5-6,8-9H2,(H,24,25)/t14?,15-,16+,19+/m1/s1. The van der Waals surface area contributed by atoms with E-state index in [1.807, 2.05) is 0 Å². The van der Waals surface area contributed by atoms with Crippen molar-refractivity contribution in [3.05, 3.63) is 48.0 Å². The minimum atomic E-state index is -0.757. The van der Waals surface area contributed by atoms with Gasteiger partial charge in [0.15, 0.2) is 0 Å². The van der Waals surface area contributed by atoms with Crippen LogP contribution in [0, 0.1) is 23.1 Å². The number of hydrogen-bond acceptors (Lipinski definition) is 4. The maximum absolute atomic E-state index is 14.4. The Kier molecular flexibility index (Phi) is 4.48. The first-order chi connectivity index (χ1) is 12.6. The van der Waals surface area contributed by atoms with Crippen LogP contribution in [0.1, 0.15) is 24.8 Å². The number of amides is 1. The van der Waals surface area contributed by atoms with E-state index in [4.69, 9.17) is 4.42 Å². The number of benzene rings is 1. The summed E-state index contributed by atoms with van der Waals surface area (Å²) in [6.07, 6.45) is 4.86. The third kappa shape index (κ3) is 3.23. The summed E-state index contributed by atoms with van der Waals surface area (Å²) in [6.45, 7) is 0. The summed E-state index contributed by atoms with van der Waals surface area (Å²) in [5.74, 6) is 0.370. The summed E-state index contributed by atoms with van der Waals surface area (Å²) in [5, 5.41) is 15.5. The number of fused-ring (bicyclic) bond motifs is 2. The second-order valence-corrected chi connectivity index (χ2v) is 7.09. The fourth-order valence-corrected chi connectivity index (χ4v) is 4.07. The molecule has 6 heteroatoms. The molecule has 4 rings (SSSR count). The smallest absolute Gasteiger partial charge is 0.238 e. The predicted octanol–water partition coefficient (Wildman–Crippen LogP) is 2.78. The molecule has 134 valence electrons. The molecule has 2 fully saturated rings. The Morgan fingerprint density at radius 3 is 2.92 bits per heavy atom. The van der Waals surface area contributed by atoms with E-state index in [9.17, 15) is 14.4 Å². The van der Waals surface area contributed by atoms with E-state index >= 15 is 0 Å². The Balaban J connectivity index is 1.42. The fourth-order valence-electron chi connectivity index (χ4n) is 4.07. The molecule has 1 aliphatic heterocycles. The van der Waals surface area contributed by atoms with Crippen LogP contribution in [0.4, 0.5) is 4.39 Å². The van der Waals surface area contributed by atoms with Crippen molar-refractivity contribution in [2.75, 3.05) is 0 Å². The van der Waals surface area contributed by atoms with Gasteiger partial charge in [-0.05, 0) is 48.9 Å². The highest BCUT2D eigenvalue weighted by Gasteiger charge is 2.43. The zero-order valence-corrected chi connectivity index (χ0v) is 14.2. The van der Waals surface area contributed by atoms with Gasteiger partial charge in [-0.3, -0.25) is 4.79 Å². The molecule has 2 bridgehead atoms. The first-order valence-corrected chi connectivity index (χ1v) is 8.92. The van der Waals surface area contributed by atoms with E-state index in [2.05, 4.69) is 16.7 Å². The lowest BCUT2D eigenvalue weighted by molar-refractivity contribution is -0.124. The maximum atomic E-state index is 14.4. The van der Waals surface area contributed by atoms with Gasteiger partial charge in [0.05, 0.1) is 18.4 Å². The highest BCUT2D eigenvalue weighted by molar-refractivity contribution is 5.83. The molecule has 0 spiro atoms. The third-order valence-electron chi connectivity index (χ3n) is 5.40. The highest BCUT2D eigenvalue weighted by atomic mass is 19.1. The van der Waals surface area contributed by atoms with Crippen molar-refractivity contribution < 1.29 is 13.6 Å². The monoisotopic (exact) mass is 353 g/mol. The van der Waals surface area contributed by atoms with E-state index in [1.54, 1.807) is 24.3 Å². The fraction of sp³-hybridized carbons (Fsp3) is 0.400. The molecule has 1 aromatic carbocycles. The normalized spacial score (nSPS) is 25.0. The van der Waals surface area contributed by atoms with Crippen LogP contribution < -0.4 is 10.6 Å². The van der Waals surface area contributed by atoms with E-state index in [0.29, 0.717) is 28.8 Å². The van der Waals surface area contributed by atoms with Crippen LogP contribution in [0.5, 0.6) is 0 Å². The van der Waals surface area contributed by atoms with Gasteiger partial charge in [-0.25, -0.2) is 4.39 Å². The van der Waals surface area contributed by atoms with Gasteiger partial charge in [0.1, 0.15) is 17.6 Å². The molecular formula is C20H20FN3O2. The van der Waals surface area contributed by atoms with Crippen LogP contribution in [-0.4, -0.2) is 24.0 Å². The lowest BCUT2D eigenvalue weighted by atomic mass is 9.98. The number of nitrogens with one attached hydrogen (secondary N) is 2. The summed E-state index contributed by atoms with van der Waals surface area (Å²) in [4.78, 5) is 12.5. The zero-order valence-electron chi connectivity index (χ0n) is 14.2. The second kappa shape index (κ2) is 6.93. The minimum Gasteiger partial charge on any atom is -0.464 e. The third-order valence-corrected chi connectivity index (χ3v) is 5.40. The van der Waals surface area contributed by atoms with Crippen LogP contribution in [0.15, 0.2) is 41.0 Å². The van der Waals surface area contributed by atoms with Gasteiger partial charge in [0.25, 0.3) is 0 Å². The topological polar surface area (TPSA) is 78.1 Å². The first kappa shape index (κ1) is 16.8. The van der Waals surface area contributed by atoms with Crippen LogP contribution in [0.25, 0.3) is 11.3 Å². The lowest BCUT2D eigenvalue weighted by Crippen LogP contribution is -2.50. The van der Waals surface area contributed by atoms with Crippen molar-refractivity contribution in [3.63, 3.8) is 0 Å². The largest absolute Gasteiger partial charge is 0.464 e. The minimum absolute atomic E-state index is 0.132. The van der Waals surface area contributed by atoms with E-state index < -0.39 is 11.9 Å². The van der Waals surface area contributed by atoms with Gasteiger partial charge in [-0.2, -0.15) is 5.26 Å². The number of carbonyl (C=O) groups excluding carboxylic acids is 1. The van der Waals surface area contributed by atoms with E-state index in [-0.39, 0.29) is 18.4 Å². The molecule has 26 heavy (non-hydrogen) atoms. The summed E-state index contributed by atoms with van der Waals surface area (Å²) in [7, 11) is 0. The average Bonchev–Trinajstić information content (AvgIpc) is 3.40. The van der Waals surface area contributed by atoms with Gasteiger partial charge in [0.2, 0.25) is 5.91 Å². The predicted molar refractivity (Wildman–Crippen MR) is 93.4 cm³/mol. The van der Waals surface area contributed by atoms with Gasteiger partial charge in [-0.1, -0.05) is 12.1 Å². The number of rotatable bonds is 5. The number of carbonyl (C=O) groups is 1. The SMILES string of the molecule is N#C[C@H](Cc1ccc(-c2ccco2)cc1F)NC(=O)[C@H]1N[C@@H]2CCC1C2. The van der Waals surface area contributed by atoms with Crippen LogP contribution in [0.3, 0.4) is 0 Å². The molecule has 4 atom stereocenters. The molecule has 1 unspecified atom stereocenters. The highest BCUT2D eigenvalue weighted by Crippen LogP contribution is 2.35. The Morgan fingerprint density at radius 1 is 1.42 bits per heavy atom. The quantitative estimate of drug-likeness (QED) is 0.866. The molecule has 1 saturated heterocycles. The summed E-state index contributed by atoms with van der Waals surface area (Å²) in [6, 6.07) is 9.79. The van der Waals surface area contributed by atoms with Gasteiger partial charge in [0, 0.05) is 18.0 Å². The number of nitrogens with zero attached hydrogens (tertiary/aromatic N) is 1. The molecule has 2 N–H and O–H groups in total. The van der Waals surface area contributed by atoms with Crippen molar-refractivity contribution in [2.24, 2.45) is 5.92 Å². The Morgan fingerprint density at radius 2 is 2.31 bits per heavy atom. The summed E-state index contributed by atoms with van der Waals surface area (Å²) < 4.78 is 19.7. The lowest BCUT2D eigenvalue weighted by Gasteiger charge is -2.23. The molecular weight excluding hydrogens is 333 g/mol. The average molecular weight is 353 g/mol. The molecule has 1 saturated carbocycles. The summed E-state index contributed by atoms with van der Waals surface area (Å²) >= 11 is 0. The number of furan rings is 1. The molecule has 2 heterocycles.